The number of carbonyl (C=O) groups is 1. The molecule has 1 heterocycles. The molecule has 0 bridgehead atoms. The molecular weight excluding hydrogens is 332 g/mol. The summed E-state index contributed by atoms with van der Waals surface area (Å²) in [5.41, 5.74) is 0.298. The second-order valence-corrected chi connectivity index (χ2v) is 5.70. The molecule has 22 heavy (non-hydrogen) atoms. The van der Waals surface area contributed by atoms with E-state index in [0.717, 1.165) is 0 Å². The fourth-order valence-corrected chi connectivity index (χ4v) is 2.55. The van der Waals surface area contributed by atoms with Crippen molar-refractivity contribution in [2.24, 2.45) is 0 Å². The second kappa shape index (κ2) is 7.23. The summed E-state index contributed by atoms with van der Waals surface area (Å²) >= 11 is 7.07. The van der Waals surface area contributed by atoms with E-state index in [9.17, 15) is 14.9 Å². The molecule has 2 aromatic rings. The standard InChI is InChI=1S/C12H11ClN4O4S/c13-8-4-3-7(6-9(8)17(20)21)11-14-12(16-15-11)22-5-1-2-10(18)19/h3-4,6H,1-2,5H2,(H,18,19)(H,14,15,16). The zero-order chi connectivity index (χ0) is 16.1. The smallest absolute Gasteiger partial charge is 0.303 e. The average molecular weight is 343 g/mol. The van der Waals surface area contributed by atoms with Crippen LogP contribution < -0.4 is 0 Å². The molecule has 0 radical (unpaired) electrons. The van der Waals surface area contributed by atoms with Gasteiger partial charge < -0.3 is 5.11 Å². The number of hydrogen-bond acceptors (Lipinski definition) is 6. The van der Waals surface area contributed by atoms with Crippen molar-refractivity contribution in [1.29, 1.82) is 0 Å². The number of nitro benzene ring substituents is 1. The molecule has 1 aromatic carbocycles. The lowest BCUT2D eigenvalue weighted by Gasteiger charge is -1.98. The number of hydrogen-bond donors (Lipinski definition) is 2. The molecule has 0 atom stereocenters. The Balaban J connectivity index is 2.06. The third-order valence-corrected chi connectivity index (χ3v) is 3.90. The zero-order valence-electron chi connectivity index (χ0n) is 11.2. The number of aromatic nitrogens is 3. The van der Waals surface area contributed by atoms with E-state index in [4.69, 9.17) is 16.7 Å². The van der Waals surface area contributed by atoms with Gasteiger partial charge in [0.2, 0.25) is 5.16 Å². The average Bonchev–Trinajstić information content (AvgIpc) is 2.92. The third kappa shape index (κ3) is 4.18. The van der Waals surface area contributed by atoms with E-state index < -0.39 is 10.9 Å². The van der Waals surface area contributed by atoms with E-state index in [2.05, 4.69) is 15.2 Å². The van der Waals surface area contributed by atoms with E-state index in [-0.39, 0.29) is 17.1 Å². The number of nitrogens with zero attached hydrogens (tertiary/aromatic N) is 3. The van der Waals surface area contributed by atoms with Crippen LogP contribution in [0.4, 0.5) is 5.69 Å². The normalized spacial score (nSPS) is 10.6. The molecule has 0 spiro atoms. The van der Waals surface area contributed by atoms with Gasteiger partial charge in [0.1, 0.15) is 5.02 Å². The van der Waals surface area contributed by atoms with E-state index >= 15 is 0 Å². The first-order valence-corrected chi connectivity index (χ1v) is 7.55. The Labute approximate surface area is 134 Å². The molecule has 0 aliphatic rings. The molecule has 0 fully saturated rings. The number of carboxylic acids is 1. The summed E-state index contributed by atoms with van der Waals surface area (Å²) in [5, 5.41) is 26.6. The van der Waals surface area contributed by atoms with Gasteiger partial charge in [0, 0.05) is 23.8 Å². The van der Waals surface area contributed by atoms with Gasteiger partial charge >= 0.3 is 5.97 Å². The molecule has 2 rings (SSSR count). The molecule has 0 saturated carbocycles. The molecule has 0 unspecified atom stereocenters. The number of benzene rings is 1. The van der Waals surface area contributed by atoms with E-state index in [1.807, 2.05) is 0 Å². The SMILES string of the molecule is O=C(O)CCCSc1n[nH]c(-c2ccc(Cl)c([N+](=O)[O-])c2)n1. The monoisotopic (exact) mass is 342 g/mol. The first-order valence-electron chi connectivity index (χ1n) is 6.18. The minimum atomic E-state index is -0.843. The number of carboxylic acid groups (broad SMARTS) is 1. The molecule has 10 heteroatoms. The first-order chi connectivity index (χ1) is 10.5. The van der Waals surface area contributed by atoms with Gasteiger partial charge in [0.15, 0.2) is 5.82 Å². The van der Waals surface area contributed by atoms with Gasteiger partial charge in [0.05, 0.1) is 4.92 Å². The van der Waals surface area contributed by atoms with E-state index in [1.54, 1.807) is 6.07 Å². The first kappa shape index (κ1) is 16.2. The Morgan fingerprint density at radius 1 is 1.50 bits per heavy atom. The highest BCUT2D eigenvalue weighted by atomic mass is 35.5. The molecule has 0 amide bonds. The quantitative estimate of drug-likeness (QED) is 0.343. The molecule has 0 saturated heterocycles. The summed E-state index contributed by atoms with van der Waals surface area (Å²) in [4.78, 5) is 24.9. The van der Waals surface area contributed by atoms with Crippen LogP contribution in [0.25, 0.3) is 11.4 Å². The van der Waals surface area contributed by atoms with Crippen molar-refractivity contribution in [3.8, 4) is 11.4 Å². The predicted octanol–water partition coefficient (Wildman–Crippen LogP) is 2.99. The summed E-state index contributed by atoms with van der Waals surface area (Å²) in [6.07, 6.45) is 0.601. The summed E-state index contributed by atoms with van der Waals surface area (Å²) in [7, 11) is 0. The maximum atomic E-state index is 10.9. The van der Waals surface area contributed by atoms with Gasteiger partial charge in [-0.05, 0) is 18.6 Å². The molecule has 8 nitrogen and oxygen atoms in total. The summed E-state index contributed by atoms with van der Waals surface area (Å²) in [5.74, 6) is 0.120. The Morgan fingerprint density at radius 3 is 2.95 bits per heavy atom. The fourth-order valence-electron chi connectivity index (χ4n) is 1.63. The maximum absolute atomic E-state index is 10.9. The molecule has 2 N–H and O–H groups in total. The Hall–Kier alpha value is -2.13. The van der Waals surface area contributed by atoms with Crippen LogP contribution in [-0.2, 0) is 4.79 Å². The number of H-pyrrole nitrogens is 1. The van der Waals surface area contributed by atoms with E-state index in [0.29, 0.717) is 28.7 Å². The minimum Gasteiger partial charge on any atom is -0.481 e. The number of rotatable bonds is 7. The second-order valence-electron chi connectivity index (χ2n) is 4.24. The van der Waals surface area contributed by atoms with Crippen molar-refractivity contribution in [3.63, 3.8) is 0 Å². The summed E-state index contributed by atoms with van der Waals surface area (Å²) < 4.78 is 0. The van der Waals surface area contributed by atoms with E-state index in [1.165, 1.54) is 23.9 Å². The Kier molecular flexibility index (Phi) is 5.34. The number of nitrogens with one attached hydrogen (secondary N) is 1. The molecule has 116 valence electrons. The zero-order valence-corrected chi connectivity index (χ0v) is 12.7. The summed E-state index contributed by atoms with van der Waals surface area (Å²) in [6.45, 7) is 0. The number of thioether (sulfide) groups is 1. The third-order valence-electron chi connectivity index (χ3n) is 2.65. The lowest BCUT2D eigenvalue weighted by Crippen LogP contribution is -1.94. The van der Waals surface area contributed by atoms with Gasteiger partial charge in [-0.2, -0.15) is 0 Å². The van der Waals surface area contributed by atoms with Crippen LogP contribution >= 0.6 is 23.4 Å². The van der Waals surface area contributed by atoms with Gasteiger partial charge in [-0.1, -0.05) is 23.4 Å². The van der Waals surface area contributed by atoms with Gasteiger partial charge in [-0.15, -0.1) is 5.10 Å². The largest absolute Gasteiger partial charge is 0.481 e. The Bertz CT molecular complexity index is 706. The van der Waals surface area contributed by atoms with Crippen LogP contribution in [0.15, 0.2) is 23.4 Å². The Morgan fingerprint density at radius 2 is 2.27 bits per heavy atom. The van der Waals surface area contributed by atoms with Crippen LogP contribution in [-0.4, -0.2) is 36.9 Å². The lowest BCUT2D eigenvalue weighted by molar-refractivity contribution is -0.384. The van der Waals surface area contributed by atoms with Crippen molar-refractivity contribution < 1.29 is 14.8 Å². The highest BCUT2D eigenvalue weighted by Gasteiger charge is 2.15. The highest BCUT2D eigenvalue weighted by molar-refractivity contribution is 7.99. The fraction of sp³-hybridized carbons (Fsp3) is 0.250. The van der Waals surface area contributed by atoms with Crippen LogP contribution in [0.2, 0.25) is 5.02 Å². The molecule has 0 aliphatic carbocycles. The van der Waals surface area contributed by atoms with Crippen molar-refractivity contribution in [2.75, 3.05) is 5.75 Å². The minimum absolute atomic E-state index is 0.0523. The predicted molar refractivity (Wildman–Crippen MR) is 81.1 cm³/mol. The molecular formula is C12H11ClN4O4S. The van der Waals surface area contributed by atoms with Crippen LogP contribution in [0.1, 0.15) is 12.8 Å². The summed E-state index contributed by atoms with van der Waals surface area (Å²) in [6, 6.07) is 4.35. The number of nitro groups is 1. The van der Waals surface area contributed by atoms with Crippen molar-refractivity contribution >= 4 is 35.0 Å². The van der Waals surface area contributed by atoms with Crippen molar-refractivity contribution in [3.05, 3.63) is 33.3 Å². The van der Waals surface area contributed by atoms with Gasteiger partial charge in [-0.3, -0.25) is 20.0 Å². The van der Waals surface area contributed by atoms with Gasteiger partial charge in [0.25, 0.3) is 5.69 Å². The van der Waals surface area contributed by atoms with Crippen LogP contribution in [0, 0.1) is 10.1 Å². The van der Waals surface area contributed by atoms with Crippen molar-refractivity contribution in [1.82, 2.24) is 15.2 Å². The highest BCUT2D eigenvalue weighted by Crippen LogP contribution is 2.29. The topological polar surface area (TPSA) is 122 Å². The number of halogens is 1. The van der Waals surface area contributed by atoms with Crippen LogP contribution in [0.5, 0.6) is 0 Å². The van der Waals surface area contributed by atoms with Gasteiger partial charge in [-0.25, -0.2) is 4.98 Å². The van der Waals surface area contributed by atoms with Crippen molar-refractivity contribution in [2.45, 2.75) is 18.0 Å². The molecule has 0 aliphatic heterocycles. The maximum Gasteiger partial charge on any atom is 0.303 e. The lowest BCUT2D eigenvalue weighted by atomic mass is 10.2. The molecule has 1 aromatic heterocycles. The number of aliphatic carboxylic acids is 1. The van der Waals surface area contributed by atoms with Crippen LogP contribution in [0.3, 0.4) is 0 Å². The number of aromatic amines is 1.